The predicted molar refractivity (Wildman–Crippen MR) is 219 cm³/mol. The minimum Gasteiger partial charge on any atom is -0.495 e. The topological polar surface area (TPSA) is 242 Å². The zero-order valence-electron chi connectivity index (χ0n) is 32.7. The summed E-state index contributed by atoms with van der Waals surface area (Å²) in [5.74, 6) is -4.22. The molecule has 5 heterocycles. The lowest BCUT2D eigenvalue weighted by atomic mass is 10.0. The molecule has 6 amide bonds. The molecule has 1 fully saturated rings. The lowest BCUT2D eigenvalue weighted by molar-refractivity contribution is -0.136. The monoisotopic (exact) mass is 829 g/mol. The van der Waals surface area contributed by atoms with Crippen LogP contribution in [0.1, 0.15) is 48.7 Å². The van der Waals surface area contributed by atoms with E-state index in [1.54, 1.807) is 42.7 Å². The van der Waals surface area contributed by atoms with Gasteiger partial charge in [0.15, 0.2) is 0 Å². The summed E-state index contributed by atoms with van der Waals surface area (Å²) >= 11 is 0. The molecule has 1 unspecified atom stereocenters. The molecule has 1 atom stereocenters. The highest BCUT2D eigenvalue weighted by atomic mass is 19.1. The van der Waals surface area contributed by atoms with E-state index in [1.165, 1.54) is 61.0 Å². The molecular weight excluding hydrogens is 794 g/mol. The first-order valence-corrected chi connectivity index (χ1v) is 18.8. The number of likely N-dealkylation sites (N-methyl/N-ethyl adjacent to an activating group) is 1. The predicted octanol–water partition coefficient (Wildman–Crippen LogP) is 3.52. The average molecular weight is 830 g/mol. The molecular formula is C41H36FN11O8. The number of ether oxygens (including phenoxy) is 1. The van der Waals surface area contributed by atoms with E-state index in [1.807, 2.05) is 0 Å². The number of H-pyrrole nitrogens is 1. The number of rotatable bonds is 12. The smallest absolute Gasteiger partial charge is 0.264 e. The molecule has 1 saturated heterocycles. The Balaban J connectivity index is 0.981. The number of halogens is 1. The molecule has 61 heavy (non-hydrogen) atoms. The van der Waals surface area contributed by atoms with Crippen molar-refractivity contribution < 1.29 is 42.7 Å². The Labute approximate surface area is 344 Å². The third-order valence-electron chi connectivity index (χ3n) is 10.4. The molecule has 0 saturated carbocycles. The van der Waals surface area contributed by atoms with Crippen LogP contribution in [0.3, 0.4) is 0 Å². The number of nitrogens with one attached hydrogen (secondary N) is 6. The number of carbonyl (C=O) groups excluding carboxylic acids is 7. The fraction of sp³-hybridized carbons (Fsp3) is 0.195. The van der Waals surface area contributed by atoms with E-state index in [0.29, 0.717) is 33.4 Å². The Morgan fingerprint density at radius 1 is 0.967 bits per heavy atom. The normalized spacial score (nSPS) is 14.8. The van der Waals surface area contributed by atoms with Crippen molar-refractivity contribution in [3.8, 4) is 5.75 Å². The number of amides is 6. The van der Waals surface area contributed by atoms with Gasteiger partial charge in [0.1, 0.15) is 35.6 Å². The second-order valence-electron chi connectivity index (χ2n) is 14.1. The molecule has 6 N–H and O–H groups in total. The van der Waals surface area contributed by atoms with Crippen LogP contribution in [0.4, 0.5) is 33.2 Å². The SMILES string of the molecule is CNC(=O)c1c(F)cccc1Nc1nc(Nc2cc3c(ccn3C(=O)CN(C)C(=O)CNc3cccc4c3C(=O)N(C3CCC(=O)NC3=O)C4=O)cc2OC)nc2[nH]ccc12. The Hall–Kier alpha value is -8.16. The van der Waals surface area contributed by atoms with Gasteiger partial charge in [-0.2, -0.15) is 9.97 Å². The van der Waals surface area contributed by atoms with Crippen LogP contribution >= 0.6 is 0 Å². The highest BCUT2D eigenvalue weighted by Gasteiger charge is 2.45. The molecule has 19 nitrogen and oxygen atoms in total. The van der Waals surface area contributed by atoms with Gasteiger partial charge in [0.2, 0.25) is 23.7 Å². The number of methoxy groups -OCH3 is 1. The van der Waals surface area contributed by atoms with Gasteiger partial charge < -0.3 is 35.9 Å². The van der Waals surface area contributed by atoms with Crippen LogP contribution in [-0.2, 0) is 14.4 Å². The molecule has 0 spiro atoms. The van der Waals surface area contributed by atoms with E-state index in [0.717, 1.165) is 4.90 Å². The van der Waals surface area contributed by atoms with Crippen LogP contribution in [-0.4, -0.2) is 111 Å². The van der Waals surface area contributed by atoms with Gasteiger partial charge in [-0.1, -0.05) is 12.1 Å². The number of hydrogen-bond acceptors (Lipinski definition) is 13. The van der Waals surface area contributed by atoms with Crippen molar-refractivity contribution in [2.75, 3.05) is 50.2 Å². The maximum absolute atomic E-state index is 14.8. The maximum Gasteiger partial charge on any atom is 0.264 e. The fourth-order valence-electron chi connectivity index (χ4n) is 7.31. The van der Waals surface area contributed by atoms with Crippen LogP contribution < -0.4 is 31.3 Å². The largest absolute Gasteiger partial charge is 0.495 e. The number of carbonyl (C=O) groups is 7. The average Bonchev–Trinajstić information content (AvgIpc) is 3.96. The number of imide groups is 2. The van der Waals surface area contributed by atoms with E-state index < -0.39 is 53.2 Å². The number of fused-ring (bicyclic) bond motifs is 3. The molecule has 2 aliphatic rings. The lowest BCUT2D eigenvalue weighted by Crippen LogP contribution is -2.54. The fourth-order valence-corrected chi connectivity index (χ4v) is 7.31. The van der Waals surface area contributed by atoms with Crippen molar-refractivity contribution >= 4 is 92.1 Å². The van der Waals surface area contributed by atoms with Crippen molar-refractivity contribution in [3.05, 3.63) is 95.6 Å². The van der Waals surface area contributed by atoms with Crippen LogP contribution in [0.5, 0.6) is 5.75 Å². The number of nitrogens with zero attached hydrogens (tertiary/aromatic N) is 5. The highest BCUT2D eigenvalue weighted by molar-refractivity contribution is 6.25. The summed E-state index contributed by atoms with van der Waals surface area (Å²) in [5, 5.41) is 14.9. The second kappa shape index (κ2) is 15.9. The molecule has 0 bridgehead atoms. The highest BCUT2D eigenvalue weighted by Crippen LogP contribution is 2.35. The summed E-state index contributed by atoms with van der Waals surface area (Å²) < 4.78 is 21.8. The summed E-state index contributed by atoms with van der Waals surface area (Å²) in [4.78, 5) is 105. The first-order chi connectivity index (χ1) is 29.4. The summed E-state index contributed by atoms with van der Waals surface area (Å²) in [7, 11) is 4.32. The van der Waals surface area contributed by atoms with Gasteiger partial charge in [0, 0.05) is 44.0 Å². The molecule has 2 aliphatic heterocycles. The first-order valence-electron chi connectivity index (χ1n) is 18.8. The second-order valence-corrected chi connectivity index (χ2v) is 14.1. The van der Waals surface area contributed by atoms with E-state index in [9.17, 15) is 38.0 Å². The van der Waals surface area contributed by atoms with E-state index in [4.69, 9.17) is 4.74 Å². The number of piperidine rings is 1. The van der Waals surface area contributed by atoms with Crippen molar-refractivity contribution in [2.24, 2.45) is 0 Å². The van der Waals surface area contributed by atoms with Crippen LogP contribution in [0, 0.1) is 5.82 Å². The van der Waals surface area contributed by atoms with Crippen LogP contribution in [0.15, 0.2) is 73.1 Å². The molecule has 3 aromatic heterocycles. The zero-order valence-corrected chi connectivity index (χ0v) is 32.7. The van der Waals surface area contributed by atoms with Gasteiger partial charge in [0.05, 0.1) is 52.6 Å². The number of aromatic amines is 1. The zero-order chi connectivity index (χ0) is 43.1. The summed E-state index contributed by atoms with van der Waals surface area (Å²) in [5.41, 5.74) is 1.48. The van der Waals surface area contributed by atoms with Gasteiger partial charge in [-0.05, 0) is 55.0 Å². The van der Waals surface area contributed by atoms with Crippen LogP contribution in [0.2, 0.25) is 0 Å². The molecule has 20 heteroatoms. The molecule has 310 valence electrons. The van der Waals surface area contributed by atoms with Crippen molar-refractivity contribution in [1.82, 2.24) is 40.0 Å². The molecule has 3 aromatic carbocycles. The Kier molecular flexibility index (Phi) is 10.3. The van der Waals surface area contributed by atoms with Gasteiger partial charge in [-0.25, -0.2) is 4.39 Å². The first kappa shape index (κ1) is 39.7. The van der Waals surface area contributed by atoms with Gasteiger partial charge in [-0.3, -0.25) is 48.3 Å². The van der Waals surface area contributed by atoms with Crippen molar-refractivity contribution in [2.45, 2.75) is 18.9 Å². The van der Waals surface area contributed by atoms with Crippen LogP contribution in [0.25, 0.3) is 21.9 Å². The van der Waals surface area contributed by atoms with E-state index >= 15 is 0 Å². The Bertz CT molecular complexity index is 2850. The Morgan fingerprint density at radius 2 is 1.75 bits per heavy atom. The van der Waals surface area contributed by atoms with E-state index in [-0.39, 0.29) is 65.8 Å². The third kappa shape index (κ3) is 7.30. The molecule has 0 aliphatic carbocycles. The number of aromatic nitrogens is 4. The lowest BCUT2D eigenvalue weighted by Gasteiger charge is -2.27. The summed E-state index contributed by atoms with van der Waals surface area (Å²) in [6.45, 7) is -0.682. The minimum atomic E-state index is -1.15. The number of benzene rings is 3. The van der Waals surface area contributed by atoms with Gasteiger partial charge in [-0.15, -0.1) is 0 Å². The van der Waals surface area contributed by atoms with Crippen molar-refractivity contribution in [3.63, 3.8) is 0 Å². The molecule has 0 radical (unpaired) electrons. The molecule has 8 rings (SSSR count). The Morgan fingerprint density at radius 3 is 2.52 bits per heavy atom. The van der Waals surface area contributed by atoms with E-state index in [2.05, 4.69) is 41.5 Å². The minimum absolute atomic E-state index is 0.00209. The van der Waals surface area contributed by atoms with Crippen molar-refractivity contribution in [1.29, 1.82) is 0 Å². The maximum atomic E-state index is 14.8. The quantitative estimate of drug-likeness (QED) is 0.0969. The number of anilines is 5. The summed E-state index contributed by atoms with van der Waals surface area (Å²) in [6, 6.07) is 14.3. The van der Waals surface area contributed by atoms with Gasteiger partial charge >= 0.3 is 0 Å². The summed E-state index contributed by atoms with van der Waals surface area (Å²) in [6.07, 6.45) is 3.18. The third-order valence-corrected chi connectivity index (χ3v) is 10.4. The molecule has 6 aromatic rings. The standard InChI is InChI=1S/C41H36FN11O8/c1-43-38(58)34-23(42)7-5-9-25(34)46-36-22-12-14-44-35(22)49-41(50-36)47-26-17-28-20(16-29(26)61-3)13-15-52(28)32(56)19-51(2)31(55)18-45-24-8-4-6-21-33(24)40(60)53(39(21)59)27-10-11-30(54)48-37(27)57/h4-9,12-17,27,45H,10-11,18-19H2,1-3H3,(H,43,58)(H,48,54,57)(H3,44,46,47,49,50). The number of hydrogen-bond donors (Lipinski definition) is 6. The van der Waals surface area contributed by atoms with Gasteiger partial charge in [0.25, 0.3) is 23.6 Å².